The maximum absolute atomic E-state index is 12.3. The normalized spacial score (nSPS) is 14.9. The summed E-state index contributed by atoms with van der Waals surface area (Å²) >= 11 is 0. The molecule has 0 aromatic carbocycles. The summed E-state index contributed by atoms with van der Waals surface area (Å²) in [6, 6.07) is -4.58. The van der Waals surface area contributed by atoms with E-state index in [1.807, 2.05) is 0 Å². The van der Waals surface area contributed by atoms with Gasteiger partial charge >= 0.3 is 11.9 Å². The summed E-state index contributed by atoms with van der Waals surface area (Å²) in [6.07, 6.45) is 0.739. The SMILES string of the molecule is CC(NC(=O)C(CCCCN)NC(=O)C(C)NC(=O)C(N)CC(=O)O)C(=O)O. The van der Waals surface area contributed by atoms with E-state index in [4.69, 9.17) is 21.7 Å². The molecule has 160 valence electrons. The maximum atomic E-state index is 12.3. The molecule has 0 spiro atoms. The Kier molecular flexibility index (Phi) is 11.4. The average Bonchev–Trinajstić information content (AvgIpc) is 2.59. The second-order valence-corrected chi connectivity index (χ2v) is 6.35. The molecule has 0 aromatic heterocycles. The molecule has 0 aromatic rings. The van der Waals surface area contributed by atoms with Gasteiger partial charge in [0.05, 0.1) is 12.5 Å². The van der Waals surface area contributed by atoms with Crippen molar-refractivity contribution in [2.24, 2.45) is 11.5 Å². The molecule has 12 heteroatoms. The van der Waals surface area contributed by atoms with Crippen LogP contribution in [0.3, 0.4) is 0 Å². The third-order valence-corrected chi connectivity index (χ3v) is 3.79. The highest BCUT2D eigenvalue weighted by molar-refractivity contribution is 5.94. The van der Waals surface area contributed by atoms with Gasteiger partial charge < -0.3 is 37.6 Å². The summed E-state index contributed by atoms with van der Waals surface area (Å²) in [5, 5.41) is 24.5. The Morgan fingerprint density at radius 1 is 0.857 bits per heavy atom. The minimum absolute atomic E-state index is 0.223. The van der Waals surface area contributed by atoms with Crippen LogP contribution >= 0.6 is 0 Å². The molecule has 0 rings (SSSR count). The summed E-state index contributed by atoms with van der Waals surface area (Å²) in [4.78, 5) is 57.8. The second kappa shape index (κ2) is 12.6. The van der Waals surface area contributed by atoms with Crippen molar-refractivity contribution in [2.45, 2.75) is 63.7 Å². The van der Waals surface area contributed by atoms with E-state index in [-0.39, 0.29) is 6.42 Å². The van der Waals surface area contributed by atoms with Crippen LogP contribution in [0.4, 0.5) is 0 Å². The molecule has 0 saturated heterocycles. The second-order valence-electron chi connectivity index (χ2n) is 6.35. The van der Waals surface area contributed by atoms with Gasteiger partial charge in [0.2, 0.25) is 17.7 Å². The molecule has 0 fully saturated rings. The van der Waals surface area contributed by atoms with Gasteiger partial charge in [-0.1, -0.05) is 0 Å². The van der Waals surface area contributed by atoms with Gasteiger partial charge in [0.1, 0.15) is 18.1 Å². The number of hydrogen-bond donors (Lipinski definition) is 7. The van der Waals surface area contributed by atoms with E-state index >= 15 is 0 Å². The first-order valence-corrected chi connectivity index (χ1v) is 8.80. The zero-order valence-electron chi connectivity index (χ0n) is 15.9. The summed E-state index contributed by atoms with van der Waals surface area (Å²) in [7, 11) is 0. The Bertz CT molecular complexity index is 584. The van der Waals surface area contributed by atoms with Crippen LogP contribution in [0.1, 0.15) is 39.5 Å². The van der Waals surface area contributed by atoms with Gasteiger partial charge in [-0.3, -0.25) is 24.0 Å². The lowest BCUT2D eigenvalue weighted by Crippen LogP contribution is -2.56. The lowest BCUT2D eigenvalue weighted by atomic mass is 10.1. The highest BCUT2D eigenvalue weighted by atomic mass is 16.4. The fourth-order valence-corrected chi connectivity index (χ4v) is 2.10. The van der Waals surface area contributed by atoms with Crippen LogP contribution in [0.5, 0.6) is 0 Å². The van der Waals surface area contributed by atoms with Gasteiger partial charge in [-0.2, -0.15) is 0 Å². The Hall–Kier alpha value is -2.73. The van der Waals surface area contributed by atoms with Crippen LogP contribution < -0.4 is 27.4 Å². The third kappa shape index (κ3) is 9.83. The topological polar surface area (TPSA) is 214 Å². The number of rotatable bonds is 13. The average molecular weight is 403 g/mol. The molecule has 0 aliphatic carbocycles. The van der Waals surface area contributed by atoms with Crippen molar-refractivity contribution in [3.8, 4) is 0 Å². The van der Waals surface area contributed by atoms with Crippen LogP contribution in [0.2, 0.25) is 0 Å². The molecular formula is C16H29N5O7. The van der Waals surface area contributed by atoms with Crippen molar-refractivity contribution in [3.63, 3.8) is 0 Å². The molecule has 9 N–H and O–H groups in total. The van der Waals surface area contributed by atoms with Crippen LogP contribution in [0, 0.1) is 0 Å². The molecule has 12 nitrogen and oxygen atoms in total. The highest BCUT2D eigenvalue weighted by Crippen LogP contribution is 2.03. The van der Waals surface area contributed by atoms with Gasteiger partial charge in [0, 0.05) is 0 Å². The monoisotopic (exact) mass is 403 g/mol. The summed E-state index contributed by atoms with van der Waals surface area (Å²) in [5.74, 6) is -4.70. The standard InChI is InChI=1S/C16H29N5O7/c1-8(19-14(25)10(18)7-12(22)23)13(24)21-11(5-3-4-6-17)15(26)20-9(2)16(27)28/h8-11H,3-7,17-18H2,1-2H3,(H,19,25)(H,20,26)(H,21,24)(H,22,23)(H,27,28). The minimum Gasteiger partial charge on any atom is -0.481 e. The first kappa shape index (κ1) is 25.3. The molecule has 4 unspecified atom stereocenters. The molecule has 0 aliphatic rings. The Morgan fingerprint density at radius 2 is 1.43 bits per heavy atom. The van der Waals surface area contributed by atoms with E-state index in [9.17, 15) is 24.0 Å². The fourth-order valence-electron chi connectivity index (χ4n) is 2.10. The van der Waals surface area contributed by atoms with E-state index < -0.39 is 60.2 Å². The number of carboxylic acid groups (broad SMARTS) is 2. The van der Waals surface area contributed by atoms with E-state index in [1.165, 1.54) is 13.8 Å². The van der Waals surface area contributed by atoms with Gasteiger partial charge in [-0.05, 0) is 39.7 Å². The van der Waals surface area contributed by atoms with Crippen LogP contribution in [-0.4, -0.2) is 70.6 Å². The quantitative estimate of drug-likeness (QED) is 0.161. The van der Waals surface area contributed by atoms with Crippen molar-refractivity contribution < 1.29 is 34.2 Å². The molecule has 0 heterocycles. The lowest BCUT2D eigenvalue weighted by Gasteiger charge is -2.23. The maximum Gasteiger partial charge on any atom is 0.325 e. The first-order valence-electron chi connectivity index (χ1n) is 8.80. The van der Waals surface area contributed by atoms with Crippen molar-refractivity contribution >= 4 is 29.7 Å². The number of carbonyl (C=O) groups is 5. The van der Waals surface area contributed by atoms with Crippen molar-refractivity contribution in [2.75, 3.05) is 6.54 Å². The number of hydrogen-bond acceptors (Lipinski definition) is 7. The molecule has 0 aliphatic heterocycles. The smallest absolute Gasteiger partial charge is 0.325 e. The molecule has 3 amide bonds. The molecular weight excluding hydrogens is 374 g/mol. The number of nitrogens with two attached hydrogens (primary N) is 2. The Labute approximate surface area is 162 Å². The van der Waals surface area contributed by atoms with E-state index in [0.717, 1.165) is 0 Å². The van der Waals surface area contributed by atoms with E-state index in [0.29, 0.717) is 19.4 Å². The lowest BCUT2D eigenvalue weighted by molar-refractivity contribution is -0.141. The number of unbranched alkanes of at least 4 members (excludes halogenated alkanes) is 1. The first-order chi connectivity index (χ1) is 13.0. The predicted octanol–water partition coefficient (Wildman–Crippen LogP) is -2.50. The van der Waals surface area contributed by atoms with Crippen LogP contribution in [-0.2, 0) is 24.0 Å². The summed E-state index contributed by atoms with van der Waals surface area (Å²) < 4.78 is 0. The molecule has 0 radical (unpaired) electrons. The highest BCUT2D eigenvalue weighted by Gasteiger charge is 2.27. The number of amides is 3. The molecule has 4 atom stereocenters. The predicted molar refractivity (Wildman–Crippen MR) is 97.9 cm³/mol. The van der Waals surface area contributed by atoms with Crippen molar-refractivity contribution in [1.82, 2.24) is 16.0 Å². The Morgan fingerprint density at radius 3 is 1.93 bits per heavy atom. The van der Waals surface area contributed by atoms with Gasteiger partial charge in [-0.15, -0.1) is 0 Å². The van der Waals surface area contributed by atoms with E-state index in [1.54, 1.807) is 0 Å². The largest absolute Gasteiger partial charge is 0.481 e. The Balaban J connectivity index is 4.91. The summed E-state index contributed by atoms with van der Waals surface area (Å²) in [6.45, 7) is 3.02. The number of nitrogens with one attached hydrogen (secondary N) is 3. The molecule has 28 heavy (non-hydrogen) atoms. The summed E-state index contributed by atoms with van der Waals surface area (Å²) in [5.41, 5.74) is 10.8. The zero-order valence-corrected chi connectivity index (χ0v) is 15.9. The van der Waals surface area contributed by atoms with Crippen molar-refractivity contribution in [1.29, 1.82) is 0 Å². The van der Waals surface area contributed by atoms with E-state index in [2.05, 4.69) is 16.0 Å². The third-order valence-electron chi connectivity index (χ3n) is 3.79. The van der Waals surface area contributed by atoms with Crippen LogP contribution in [0.15, 0.2) is 0 Å². The molecule has 0 bridgehead atoms. The van der Waals surface area contributed by atoms with Gasteiger partial charge in [0.25, 0.3) is 0 Å². The number of carbonyl (C=O) groups excluding carboxylic acids is 3. The fraction of sp³-hybridized carbons (Fsp3) is 0.688. The van der Waals surface area contributed by atoms with Crippen LogP contribution in [0.25, 0.3) is 0 Å². The van der Waals surface area contributed by atoms with Crippen molar-refractivity contribution in [3.05, 3.63) is 0 Å². The minimum atomic E-state index is -1.33. The molecule has 0 saturated carbocycles. The van der Waals surface area contributed by atoms with Gasteiger partial charge in [-0.25, -0.2) is 0 Å². The van der Waals surface area contributed by atoms with Gasteiger partial charge in [0.15, 0.2) is 0 Å². The zero-order chi connectivity index (χ0) is 21.9. The number of aliphatic carboxylic acids is 2. The number of carboxylic acids is 2.